The summed E-state index contributed by atoms with van der Waals surface area (Å²) in [6, 6.07) is 5.23. The molecule has 0 unspecified atom stereocenters. The van der Waals surface area contributed by atoms with Gasteiger partial charge in [0, 0.05) is 31.3 Å². The van der Waals surface area contributed by atoms with Gasteiger partial charge in [0.15, 0.2) is 0 Å². The first-order valence-electron chi connectivity index (χ1n) is 5.88. The van der Waals surface area contributed by atoms with Crippen molar-refractivity contribution in [2.75, 3.05) is 20.2 Å². The fourth-order valence-corrected chi connectivity index (χ4v) is 2.23. The molecule has 0 bridgehead atoms. The van der Waals surface area contributed by atoms with Crippen LogP contribution in [0.15, 0.2) is 18.2 Å². The Labute approximate surface area is 106 Å². The van der Waals surface area contributed by atoms with Gasteiger partial charge in [0.1, 0.15) is 11.5 Å². The zero-order valence-electron chi connectivity index (χ0n) is 10.3. The number of likely N-dealkylation sites (tertiary alicyclic amines) is 1. The number of methoxy groups -OCH3 is 1. The molecule has 0 amide bonds. The van der Waals surface area contributed by atoms with Gasteiger partial charge >= 0.3 is 5.97 Å². The first-order valence-corrected chi connectivity index (χ1v) is 5.88. The van der Waals surface area contributed by atoms with Crippen molar-refractivity contribution in [2.45, 2.75) is 13.0 Å². The molecule has 0 spiro atoms. The molecular weight excluding hydrogens is 234 g/mol. The molecule has 1 aromatic rings. The van der Waals surface area contributed by atoms with Crippen molar-refractivity contribution in [3.8, 4) is 11.5 Å². The number of benzene rings is 1. The van der Waals surface area contributed by atoms with E-state index in [0.717, 1.165) is 18.7 Å². The highest BCUT2D eigenvalue weighted by molar-refractivity contribution is 5.67. The molecule has 2 rings (SSSR count). The summed E-state index contributed by atoms with van der Waals surface area (Å²) in [5.74, 6) is 0.342. The molecule has 1 heterocycles. The number of phenols is 1. The maximum atomic E-state index is 10.5. The molecule has 0 radical (unpaired) electrons. The monoisotopic (exact) mass is 251 g/mol. The number of aromatic hydroxyl groups is 1. The van der Waals surface area contributed by atoms with E-state index in [4.69, 9.17) is 9.84 Å². The molecule has 0 atom stereocenters. The maximum absolute atomic E-state index is 10.5. The van der Waals surface area contributed by atoms with E-state index in [2.05, 4.69) is 4.90 Å². The highest BCUT2D eigenvalue weighted by atomic mass is 16.5. The number of carboxylic acid groups (broad SMARTS) is 1. The Bertz CT molecular complexity index is 441. The molecule has 1 aliphatic heterocycles. The van der Waals surface area contributed by atoms with Crippen LogP contribution in [0, 0.1) is 5.92 Å². The Morgan fingerprint density at radius 3 is 2.78 bits per heavy atom. The highest BCUT2D eigenvalue weighted by Crippen LogP contribution is 2.27. The largest absolute Gasteiger partial charge is 0.507 e. The van der Waals surface area contributed by atoms with E-state index >= 15 is 0 Å². The lowest BCUT2D eigenvalue weighted by atomic mass is 9.95. The zero-order valence-corrected chi connectivity index (χ0v) is 10.3. The van der Waals surface area contributed by atoms with Crippen molar-refractivity contribution >= 4 is 5.97 Å². The van der Waals surface area contributed by atoms with Crippen molar-refractivity contribution in [1.29, 1.82) is 0 Å². The zero-order chi connectivity index (χ0) is 13.1. The predicted octanol–water partition coefficient (Wildman–Crippen LogP) is 1.31. The summed E-state index contributed by atoms with van der Waals surface area (Å²) in [6.45, 7) is 2.20. The van der Waals surface area contributed by atoms with Crippen molar-refractivity contribution in [3.63, 3.8) is 0 Å². The third-order valence-corrected chi connectivity index (χ3v) is 3.18. The number of nitrogens with zero attached hydrogens (tertiary/aromatic N) is 1. The van der Waals surface area contributed by atoms with E-state index in [1.54, 1.807) is 13.2 Å². The van der Waals surface area contributed by atoms with Crippen LogP contribution >= 0.6 is 0 Å². The smallest absolute Gasteiger partial charge is 0.303 e. The topological polar surface area (TPSA) is 70.0 Å². The van der Waals surface area contributed by atoms with Gasteiger partial charge in [0.25, 0.3) is 0 Å². The van der Waals surface area contributed by atoms with E-state index in [1.165, 1.54) is 0 Å². The van der Waals surface area contributed by atoms with Gasteiger partial charge in [0.05, 0.1) is 13.5 Å². The molecule has 1 aromatic carbocycles. The summed E-state index contributed by atoms with van der Waals surface area (Å²) >= 11 is 0. The van der Waals surface area contributed by atoms with Crippen LogP contribution in [-0.4, -0.2) is 41.3 Å². The molecule has 5 heteroatoms. The summed E-state index contributed by atoms with van der Waals surface area (Å²) in [4.78, 5) is 12.6. The van der Waals surface area contributed by atoms with Crippen LogP contribution in [0.5, 0.6) is 11.5 Å². The van der Waals surface area contributed by atoms with Crippen LogP contribution in [0.4, 0.5) is 0 Å². The third-order valence-electron chi connectivity index (χ3n) is 3.18. The molecular formula is C13H17NO4. The Balaban J connectivity index is 1.86. The molecule has 1 fully saturated rings. The molecule has 2 N–H and O–H groups in total. The van der Waals surface area contributed by atoms with Gasteiger partial charge in [-0.1, -0.05) is 6.07 Å². The number of hydrogen-bond acceptors (Lipinski definition) is 4. The van der Waals surface area contributed by atoms with E-state index < -0.39 is 5.97 Å². The summed E-state index contributed by atoms with van der Waals surface area (Å²) in [6.07, 6.45) is 0.227. The maximum Gasteiger partial charge on any atom is 0.303 e. The standard InChI is InChI=1S/C13H17NO4/c1-18-11-3-2-10(12(15)5-11)8-14-6-9(7-14)4-13(16)17/h2-3,5,9,15H,4,6-8H2,1H3,(H,16,17). The molecule has 98 valence electrons. The number of ether oxygens (including phenoxy) is 1. The van der Waals surface area contributed by atoms with Crippen LogP contribution in [-0.2, 0) is 11.3 Å². The fraction of sp³-hybridized carbons (Fsp3) is 0.462. The number of aliphatic carboxylic acids is 1. The molecule has 18 heavy (non-hydrogen) atoms. The SMILES string of the molecule is COc1ccc(CN2CC(CC(=O)O)C2)c(O)c1. The molecule has 0 aliphatic carbocycles. The Morgan fingerprint density at radius 1 is 1.50 bits per heavy atom. The van der Waals surface area contributed by atoms with Crippen molar-refractivity contribution in [1.82, 2.24) is 4.90 Å². The molecule has 0 saturated carbocycles. The van der Waals surface area contributed by atoms with Crippen molar-refractivity contribution in [3.05, 3.63) is 23.8 Å². The van der Waals surface area contributed by atoms with E-state index in [9.17, 15) is 9.90 Å². The summed E-state index contributed by atoms with van der Waals surface area (Å²) < 4.78 is 5.02. The van der Waals surface area contributed by atoms with Gasteiger partial charge in [-0.2, -0.15) is 0 Å². The van der Waals surface area contributed by atoms with E-state index in [-0.39, 0.29) is 18.1 Å². The van der Waals surface area contributed by atoms with Gasteiger partial charge < -0.3 is 14.9 Å². The number of carboxylic acids is 1. The predicted molar refractivity (Wildman–Crippen MR) is 65.7 cm³/mol. The average molecular weight is 251 g/mol. The quantitative estimate of drug-likeness (QED) is 0.825. The molecule has 1 aliphatic rings. The first-order chi connectivity index (χ1) is 8.58. The van der Waals surface area contributed by atoms with Crippen LogP contribution in [0.1, 0.15) is 12.0 Å². The average Bonchev–Trinajstić information content (AvgIpc) is 2.27. The van der Waals surface area contributed by atoms with Gasteiger partial charge in [-0.05, 0) is 12.0 Å². The minimum absolute atomic E-state index is 0.219. The fourth-order valence-electron chi connectivity index (χ4n) is 2.23. The lowest BCUT2D eigenvalue weighted by Crippen LogP contribution is -2.46. The number of carbonyl (C=O) groups is 1. The second-order valence-electron chi connectivity index (χ2n) is 4.65. The summed E-state index contributed by atoms with van der Waals surface area (Å²) in [5, 5.41) is 18.5. The van der Waals surface area contributed by atoms with Crippen LogP contribution in [0.3, 0.4) is 0 Å². The lowest BCUT2D eigenvalue weighted by Gasteiger charge is -2.38. The molecule has 0 aromatic heterocycles. The second kappa shape index (κ2) is 5.27. The lowest BCUT2D eigenvalue weighted by molar-refractivity contribution is -0.139. The minimum atomic E-state index is -0.744. The number of hydrogen-bond donors (Lipinski definition) is 2. The van der Waals surface area contributed by atoms with Crippen LogP contribution in [0.25, 0.3) is 0 Å². The van der Waals surface area contributed by atoms with Gasteiger partial charge in [-0.15, -0.1) is 0 Å². The Kier molecular flexibility index (Phi) is 3.72. The first kappa shape index (κ1) is 12.7. The van der Waals surface area contributed by atoms with Crippen molar-refractivity contribution < 1.29 is 19.7 Å². The normalized spacial score (nSPS) is 16.3. The molecule has 1 saturated heterocycles. The van der Waals surface area contributed by atoms with Gasteiger partial charge in [0.2, 0.25) is 0 Å². The van der Waals surface area contributed by atoms with E-state index in [0.29, 0.717) is 12.3 Å². The highest BCUT2D eigenvalue weighted by Gasteiger charge is 2.28. The second-order valence-corrected chi connectivity index (χ2v) is 4.65. The molecule has 5 nitrogen and oxygen atoms in total. The van der Waals surface area contributed by atoms with E-state index in [1.807, 2.05) is 12.1 Å². The van der Waals surface area contributed by atoms with Gasteiger partial charge in [-0.25, -0.2) is 0 Å². The van der Waals surface area contributed by atoms with Gasteiger partial charge in [-0.3, -0.25) is 9.69 Å². The minimum Gasteiger partial charge on any atom is -0.507 e. The summed E-state index contributed by atoms with van der Waals surface area (Å²) in [5.41, 5.74) is 0.838. The van der Waals surface area contributed by atoms with Crippen molar-refractivity contribution in [2.24, 2.45) is 5.92 Å². The number of rotatable bonds is 5. The third kappa shape index (κ3) is 2.92. The van der Waals surface area contributed by atoms with Crippen LogP contribution < -0.4 is 4.74 Å². The Morgan fingerprint density at radius 2 is 2.22 bits per heavy atom. The van der Waals surface area contributed by atoms with Crippen LogP contribution in [0.2, 0.25) is 0 Å². The number of phenolic OH excluding ortho intramolecular Hbond substituents is 1. The summed E-state index contributed by atoms with van der Waals surface area (Å²) in [7, 11) is 1.56. The Hall–Kier alpha value is -1.75.